The molecule has 0 radical (unpaired) electrons. The first-order chi connectivity index (χ1) is 11.3. The summed E-state index contributed by atoms with van der Waals surface area (Å²) >= 11 is 0. The van der Waals surface area contributed by atoms with Crippen LogP contribution in [0.1, 0.15) is 48.6 Å². The number of fused-ring (bicyclic) bond motifs is 4. The molecule has 23 heavy (non-hydrogen) atoms. The summed E-state index contributed by atoms with van der Waals surface area (Å²) in [6.07, 6.45) is 3.54. The van der Waals surface area contributed by atoms with Crippen molar-refractivity contribution in [3.05, 3.63) is 46.0 Å². The topological polar surface area (TPSA) is 64.2 Å². The molecule has 4 heterocycles. The summed E-state index contributed by atoms with van der Waals surface area (Å²) in [6.45, 7) is 3.52. The van der Waals surface area contributed by atoms with Crippen molar-refractivity contribution in [1.29, 1.82) is 0 Å². The van der Waals surface area contributed by atoms with Crippen LogP contribution in [-0.4, -0.2) is 32.8 Å². The van der Waals surface area contributed by atoms with Crippen LogP contribution in [-0.2, 0) is 13.1 Å². The highest BCUT2D eigenvalue weighted by Gasteiger charge is 2.35. The van der Waals surface area contributed by atoms with Crippen LogP contribution in [0.15, 0.2) is 27.4 Å². The molecule has 120 valence electrons. The highest BCUT2D eigenvalue weighted by Crippen LogP contribution is 2.39. The number of piperidine rings is 1. The van der Waals surface area contributed by atoms with Crippen molar-refractivity contribution in [2.24, 2.45) is 5.92 Å². The maximum atomic E-state index is 12.1. The van der Waals surface area contributed by atoms with Crippen LogP contribution < -0.4 is 5.56 Å². The Hall–Kier alpha value is -1.95. The summed E-state index contributed by atoms with van der Waals surface area (Å²) in [4.78, 5) is 14.5. The van der Waals surface area contributed by atoms with Gasteiger partial charge in [-0.3, -0.25) is 9.69 Å². The van der Waals surface area contributed by atoms with Gasteiger partial charge in [0.05, 0.1) is 6.54 Å². The highest BCUT2D eigenvalue weighted by atomic mass is 16.4. The number of nitrogens with zero attached hydrogens (tertiary/aromatic N) is 4. The largest absolute Gasteiger partial charge is 0.424 e. The zero-order chi connectivity index (χ0) is 15.4. The Morgan fingerprint density at radius 3 is 2.91 bits per heavy atom. The van der Waals surface area contributed by atoms with Crippen LogP contribution in [0.2, 0.25) is 0 Å². The molecular formula is C17H20N4O2. The van der Waals surface area contributed by atoms with E-state index in [4.69, 9.17) is 4.42 Å². The van der Waals surface area contributed by atoms with Gasteiger partial charge in [-0.05, 0) is 31.2 Å². The second kappa shape index (κ2) is 5.03. The summed E-state index contributed by atoms with van der Waals surface area (Å²) in [5, 5.41) is 8.39. The molecule has 2 aliphatic heterocycles. The Kier molecular flexibility index (Phi) is 2.95. The Morgan fingerprint density at radius 2 is 2.04 bits per heavy atom. The van der Waals surface area contributed by atoms with Gasteiger partial charge in [0, 0.05) is 43.2 Å². The summed E-state index contributed by atoms with van der Waals surface area (Å²) in [7, 11) is 0. The smallest absolute Gasteiger partial charge is 0.250 e. The average Bonchev–Trinajstić information content (AvgIpc) is 3.29. The van der Waals surface area contributed by atoms with E-state index in [2.05, 4.69) is 21.2 Å². The number of rotatable bonds is 3. The molecule has 2 atom stereocenters. The maximum absolute atomic E-state index is 12.1. The van der Waals surface area contributed by atoms with Gasteiger partial charge in [-0.2, -0.15) is 0 Å². The zero-order valence-corrected chi connectivity index (χ0v) is 13.0. The van der Waals surface area contributed by atoms with E-state index in [9.17, 15) is 4.79 Å². The van der Waals surface area contributed by atoms with Gasteiger partial charge in [0.25, 0.3) is 5.56 Å². The molecule has 1 saturated heterocycles. The van der Waals surface area contributed by atoms with Crippen molar-refractivity contribution in [3.8, 4) is 0 Å². The molecule has 6 nitrogen and oxygen atoms in total. The predicted octanol–water partition coefficient (Wildman–Crippen LogP) is 1.73. The lowest BCUT2D eigenvalue weighted by Gasteiger charge is -2.42. The minimum Gasteiger partial charge on any atom is -0.424 e. The zero-order valence-electron chi connectivity index (χ0n) is 13.0. The van der Waals surface area contributed by atoms with Gasteiger partial charge in [-0.15, -0.1) is 10.2 Å². The minimum atomic E-state index is 0.136. The lowest BCUT2D eigenvalue weighted by molar-refractivity contribution is 0.105. The SMILES string of the molecule is O=c1cccc2n1CC1CC2CN(Cc2nnc(C3CC3)o2)C1. The lowest BCUT2D eigenvalue weighted by Crippen LogP contribution is -2.46. The van der Waals surface area contributed by atoms with Crippen LogP contribution in [0.25, 0.3) is 0 Å². The van der Waals surface area contributed by atoms with Gasteiger partial charge in [0.15, 0.2) is 0 Å². The van der Waals surface area contributed by atoms with Gasteiger partial charge < -0.3 is 8.98 Å². The van der Waals surface area contributed by atoms with Crippen molar-refractivity contribution >= 4 is 0 Å². The number of pyridine rings is 1. The molecule has 0 spiro atoms. The molecule has 3 aliphatic rings. The van der Waals surface area contributed by atoms with Gasteiger partial charge in [0.2, 0.25) is 11.8 Å². The summed E-state index contributed by atoms with van der Waals surface area (Å²) in [5.41, 5.74) is 1.32. The summed E-state index contributed by atoms with van der Waals surface area (Å²) < 4.78 is 7.77. The van der Waals surface area contributed by atoms with Gasteiger partial charge in [-0.1, -0.05) is 6.07 Å². The Labute approximate surface area is 134 Å². The predicted molar refractivity (Wildman–Crippen MR) is 83.1 cm³/mol. The van der Waals surface area contributed by atoms with Crippen molar-refractivity contribution in [2.75, 3.05) is 13.1 Å². The van der Waals surface area contributed by atoms with E-state index >= 15 is 0 Å². The van der Waals surface area contributed by atoms with E-state index in [1.165, 1.54) is 25.0 Å². The second-order valence-electron chi connectivity index (χ2n) is 7.20. The molecule has 2 aromatic rings. The standard InChI is InChI=1S/C17H20N4O2/c22-16-3-1-2-14-13-6-11(8-21(14)16)7-20(9-13)10-15-18-19-17(23-15)12-4-5-12/h1-3,11-13H,4-10H2. The minimum absolute atomic E-state index is 0.136. The normalized spacial score (nSPS) is 27.0. The third-order valence-electron chi connectivity index (χ3n) is 5.32. The van der Waals surface area contributed by atoms with E-state index in [-0.39, 0.29) is 5.56 Å². The fraction of sp³-hybridized carbons (Fsp3) is 0.588. The van der Waals surface area contributed by atoms with E-state index in [0.717, 1.165) is 38.0 Å². The third kappa shape index (κ3) is 2.41. The molecule has 0 N–H and O–H groups in total. The van der Waals surface area contributed by atoms with E-state index in [0.29, 0.717) is 17.8 Å². The first-order valence-corrected chi connectivity index (χ1v) is 8.50. The fourth-order valence-corrected chi connectivity index (χ4v) is 4.14. The molecular weight excluding hydrogens is 292 g/mol. The van der Waals surface area contributed by atoms with Gasteiger partial charge in [0.1, 0.15) is 0 Å². The number of aromatic nitrogens is 3. The van der Waals surface area contributed by atoms with Crippen LogP contribution >= 0.6 is 0 Å². The Morgan fingerprint density at radius 1 is 1.13 bits per heavy atom. The quantitative estimate of drug-likeness (QED) is 0.863. The molecule has 5 rings (SSSR count). The molecule has 6 heteroatoms. The van der Waals surface area contributed by atoms with Gasteiger partial charge >= 0.3 is 0 Å². The molecule has 1 aliphatic carbocycles. The van der Waals surface area contributed by atoms with E-state index in [1.807, 2.05) is 10.6 Å². The van der Waals surface area contributed by atoms with E-state index < -0.39 is 0 Å². The maximum Gasteiger partial charge on any atom is 0.250 e. The molecule has 2 unspecified atom stereocenters. The average molecular weight is 312 g/mol. The molecule has 0 aromatic carbocycles. The molecule has 2 aromatic heterocycles. The van der Waals surface area contributed by atoms with E-state index in [1.54, 1.807) is 6.07 Å². The van der Waals surface area contributed by atoms with Crippen molar-refractivity contribution in [2.45, 2.75) is 44.2 Å². The highest BCUT2D eigenvalue weighted by molar-refractivity contribution is 5.17. The van der Waals surface area contributed by atoms with Gasteiger partial charge in [-0.25, -0.2) is 0 Å². The number of likely N-dealkylation sites (tertiary alicyclic amines) is 1. The van der Waals surface area contributed by atoms with Crippen LogP contribution in [0.4, 0.5) is 0 Å². The van der Waals surface area contributed by atoms with Crippen LogP contribution in [0, 0.1) is 5.92 Å². The van der Waals surface area contributed by atoms with Crippen molar-refractivity contribution in [1.82, 2.24) is 19.7 Å². The Bertz CT molecular complexity index is 792. The summed E-state index contributed by atoms with van der Waals surface area (Å²) in [6, 6.07) is 5.65. The Balaban J connectivity index is 1.35. The second-order valence-corrected chi connectivity index (χ2v) is 7.20. The number of hydrogen-bond donors (Lipinski definition) is 0. The molecule has 0 amide bonds. The number of hydrogen-bond acceptors (Lipinski definition) is 5. The first kappa shape index (κ1) is 13.5. The van der Waals surface area contributed by atoms with Crippen molar-refractivity contribution in [3.63, 3.8) is 0 Å². The third-order valence-corrected chi connectivity index (χ3v) is 5.32. The lowest BCUT2D eigenvalue weighted by atomic mass is 9.83. The fourth-order valence-electron chi connectivity index (χ4n) is 4.14. The summed E-state index contributed by atoms with van der Waals surface area (Å²) in [5.74, 6) is 3.02. The van der Waals surface area contributed by atoms with Crippen molar-refractivity contribution < 1.29 is 4.42 Å². The first-order valence-electron chi connectivity index (χ1n) is 8.50. The molecule has 1 saturated carbocycles. The molecule has 2 bridgehead atoms. The van der Waals surface area contributed by atoms with Crippen LogP contribution in [0.5, 0.6) is 0 Å². The monoisotopic (exact) mass is 312 g/mol. The van der Waals surface area contributed by atoms with Crippen LogP contribution in [0.3, 0.4) is 0 Å². The molecule has 2 fully saturated rings.